The molecule has 4 N–H and O–H groups in total. The molecule has 11 nitrogen and oxygen atoms in total. The van der Waals surface area contributed by atoms with Crippen molar-refractivity contribution < 1.29 is 43.9 Å². The summed E-state index contributed by atoms with van der Waals surface area (Å²) in [6.07, 6.45) is 1.74. The first-order chi connectivity index (χ1) is 18.5. The number of hydrogen-bond acceptors (Lipinski definition) is 9. The van der Waals surface area contributed by atoms with Crippen molar-refractivity contribution >= 4 is 11.8 Å². The van der Waals surface area contributed by atoms with Gasteiger partial charge in [0, 0.05) is 37.4 Å². The molecule has 4 aliphatic rings. The molecule has 3 heterocycles. The molecule has 0 aromatic heterocycles. The van der Waals surface area contributed by atoms with E-state index in [1.165, 1.54) is 7.11 Å². The van der Waals surface area contributed by atoms with Gasteiger partial charge in [-0.1, -0.05) is 0 Å². The van der Waals surface area contributed by atoms with Crippen molar-refractivity contribution in [3.8, 4) is 11.5 Å². The normalized spacial score (nSPS) is 29.7. The average molecular weight is 533 g/mol. The monoisotopic (exact) mass is 532 g/mol. The van der Waals surface area contributed by atoms with Gasteiger partial charge in [0.25, 0.3) is 0 Å². The Morgan fingerprint density at radius 3 is 2.71 bits per heavy atom. The fourth-order valence-electron chi connectivity index (χ4n) is 5.95. The van der Waals surface area contributed by atoms with E-state index in [2.05, 4.69) is 5.32 Å². The van der Waals surface area contributed by atoms with Gasteiger partial charge in [0.05, 0.1) is 50.9 Å². The average Bonchev–Trinajstić information content (AvgIpc) is 3.71. The number of aliphatic hydroxyl groups excluding tert-OH is 3. The maximum atomic E-state index is 13.7. The zero-order chi connectivity index (χ0) is 26.8. The molecule has 0 radical (unpaired) electrons. The van der Waals surface area contributed by atoms with Crippen molar-refractivity contribution in [3.63, 3.8) is 0 Å². The fourth-order valence-corrected chi connectivity index (χ4v) is 5.95. The Kier molecular flexibility index (Phi) is 8.20. The topological polar surface area (TPSA) is 147 Å². The third kappa shape index (κ3) is 5.01. The van der Waals surface area contributed by atoms with Crippen LogP contribution in [0.3, 0.4) is 0 Å². The highest BCUT2D eigenvalue weighted by Gasteiger charge is 2.52. The van der Waals surface area contributed by atoms with Crippen molar-refractivity contribution in [2.75, 3.05) is 46.6 Å². The third-order valence-corrected chi connectivity index (χ3v) is 7.84. The summed E-state index contributed by atoms with van der Waals surface area (Å²) < 4.78 is 23.1. The van der Waals surface area contributed by atoms with Gasteiger partial charge in [0.15, 0.2) is 11.5 Å². The standard InChI is InChI=1S/C27H36N2O9/c1-35-21-10-15(13-31)9-18-22-19(26(33)28-5-6-30)11-20(23(32)25(22)38-24(18)21)29(12-17-3-2-7-37-17)27(34)16-4-8-36-14-16/h9-11,16-17,20,22-23,25,30-32H,2-8,12-14H2,1H3,(H,28,33). The summed E-state index contributed by atoms with van der Waals surface area (Å²) in [6, 6.07) is 2.55. The number of aliphatic hydroxyl groups is 3. The van der Waals surface area contributed by atoms with E-state index >= 15 is 0 Å². The second-order valence-electron chi connectivity index (χ2n) is 10.2. The molecular formula is C27H36N2O9. The summed E-state index contributed by atoms with van der Waals surface area (Å²) in [5, 5.41) is 33.5. The highest BCUT2D eigenvalue weighted by Crippen LogP contribution is 2.51. The summed E-state index contributed by atoms with van der Waals surface area (Å²) in [7, 11) is 1.48. The van der Waals surface area contributed by atoms with E-state index in [9.17, 15) is 24.9 Å². The lowest BCUT2D eigenvalue weighted by Crippen LogP contribution is -2.58. The maximum Gasteiger partial charge on any atom is 0.247 e. The lowest BCUT2D eigenvalue weighted by Gasteiger charge is -2.42. The Bertz CT molecular complexity index is 1060. The second-order valence-corrected chi connectivity index (χ2v) is 10.2. The number of ether oxygens (including phenoxy) is 4. The third-order valence-electron chi connectivity index (χ3n) is 7.84. The zero-order valence-corrected chi connectivity index (χ0v) is 21.5. The summed E-state index contributed by atoms with van der Waals surface area (Å²) in [5.74, 6) is -0.802. The van der Waals surface area contributed by atoms with Gasteiger partial charge in [0.2, 0.25) is 11.8 Å². The number of carbonyl (C=O) groups excluding carboxylic acids is 2. The van der Waals surface area contributed by atoms with Gasteiger partial charge >= 0.3 is 0 Å². The first kappa shape index (κ1) is 26.9. The molecule has 0 bridgehead atoms. The molecule has 2 saturated heterocycles. The number of amides is 2. The molecule has 0 spiro atoms. The number of carbonyl (C=O) groups is 2. The number of rotatable bonds is 9. The van der Waals surface area contributed by atoms with Crippen molar-refractivity contribution in [1.82, 2.24) is 10.2 Å². The van der Waals surface area contributed by atoms with Crippen LogP contribution in [0.25, 0.3) is 0 Å². The zero-order valence-electron chi connectivity index (χ0n) is 21.5. The number of fused-ring (bicyclic) bond motifs is 3. The van der Waals surface area contributed by atoms with Crippen LogP contribution >= 0.6 is 0 Å². The first-order valence-electron chi connectivity index (χ1n) is 13.2. The summed E-state index contributed by atoms with van der Waals surface area (Å²) in [5.41, 5.74) is 1.51. The first-order valence-corrected chi connectivity index (χ1v) is 13.2. The van der Waals surface area contributed by atoms with Gasteiger partial charge in [-0.3, -0.25) is 9.59 Å². The summed E-state index contributed by atoms with van der Waals surface area (Å²) in [4.78, 5) is 28.8. The number of nitrogens with zero attached hydrogens (tertiary/aromatic N) is 1. The number of benzene rings is 1. The van der Waals surface area contributed by atoms with Gasteiger partial charge in [-0.2, -0.15) is 0 Å². The number of methoxy groups -OCH3 is 1. The fraction of sp³-hybridized carbons (Fsp3) is 0.630. The minimum Gasteiger partial charge on any atom is -0.493 e. The van der Waals surface area contributed by atoms with E-state index < -0.39 is 30.1 Å². The molecule has 3 aliphatic heterocycles. The molecule has 208 valence electrons. The highest BCUT2D eigenvalue weighted by atomic mass is 16.5. The van der Waals surface area contributed by atoms with Gasteiger partial charge in [-0.25, -0.2) is 0 Å². The van der Waals surface area contributed by atoms with Gasteiger partial charge in [-0.15, -0.1) is 0 Å². The van der Waals surface area contributed by atoms with Crippen LogP contribution in [0.4, 0.5) is 0 Å². The van der Waals surface area contributed by atoms with Crippen molar-refractivity contribution in [2.45, 2.75) is 56.1 Å². The summed E-state index contributed by atoms with van der Waals surface area (Å²) in [6.45, 7) is 1.28. The van der Waals surface area contributed by atoms with Crippen LogP contribution in [-0.4, -0.2) is 103 Å². The van der Waals surface area contributed by atoms with E-state index in [4.69, 9.17) is 18.9 Å². The molecule has 1 aromatic rings. The van der Waals surface area contributed by atoms with Crippen LogP contribution in [0.5, 0.6) is 11.5 Å². The maximum absolute atomic E-state index is 13.7. The lowest BCUT2D eigenvalue weighted by molar-refractivity contribution is -0.143. The van der Waals surface area contributed by atoms with E-state index in [-0.39, 0.29) is 44.2 Å². The van der Waals surface area contributed by atoms with E-state index in [0.717, 1.165) is 12.8 Å². The van der Waals surface area contributed by atoms with Gasteiger partial charge in [0.1, 0.15) is 12.2 Å². The molecule has 5 rings (SSSR count). The van der Waals surface area contributed by atoms with E-state index in [0.29, 0.717) is 54.4 Å². The van der Waals surface area contributed by atoms with E-state index in [1.54, 1.807) is 23.1 Å². The number of nitrogens with one attached hydrogen (secondary N) is 1. The van der Waals surface area contributed by atoms with Crippen LogP contribution in [-0.2, 0) is 25.7 Å². The lowest BCUT2D eigenvalue weighted by atomic mass is 9.77. The molecule has 2 amide bonds. The Morgan fingerprint density at radius 2 is 2.05 bits per heavy atom. The molecule has 38 heavy (non-hydrogen) atoms. The Labute approximate surface area is 221 Å². The Balaban J connectivity index is 1.56. The minimum atomic E-state index is -1.16. The molecule has 0 saturated carbocycles. The van der Waals surface area contributed by atoms with Crippen LogP contribution in [0.2, 0.25) is 0 Å². The molecule has 2 fully saturated rings. The molecule has 11 heteroatoms. The summed E-state index contributed by atoms with van der Waals surface area (Å²) >= 11 is 0. The molecule has 1 aromatic carbocycles. The molecule has 6 unspecified atom stereocenters. The smallest absolute Gasteiger partial charge is 0.247 e. The van der Waals surface area contributed by atoms with Crippen molar-refractivity contribution in [2.24, 2.45) is 5.92 Å². The van der Waals surface area contributed by atoms with Crippen molar-refractivity contribution in [1.29, 1.82) is 0 Å². The van der Waals surface area contributed by atoms with Crippen molar-refractivity contribution in [3.05, 3.63) is 34.9 Å². The second kappa shape index (κ2) is 11.6. The van der Waals surface area contributed by atoms with Crippen LogP contribution < -0.4 is 14.8 Å². The predicted molar refractivity (Wildman–Crippen MR) is 134 cm³/mol. The van der Waals surface area contributed by atoms with E-state index in [1.807, 2.05) is 0 Å². The largest absolute Gasteiger partial charge is 0.493 e. The van der Waals surface area contributed by atoms with Gasteiger partial charge < -0.3 is 44.5 Å². The Morgan fingerprint density at radius 1 is 1.21 bits per heavy atom. The molecular weight excluding hydrogens is 496 g/mol. The highest BCUT2D eigenvalue weighted by molar-refractivity contribution is 5.96. The van der Waals surface area contributed by atoms with Gasteiger partial charge in [-0.05, 0) is 43.0 Å². The SMILES string of the molecule is COc1cc(CO)cc2c1OC1C2C(C(=O)NCCO)=CC(N(CC2CCCO2)C(=O)C2CCOC2)C1O. The quantitative estimate of drug-likeness (QED) is 0.341. The minimum absolute atomic E-state index is 0.0481. The molecule has 6 atom stereocenters. The Hall–Kier alpha value is -2.70. The molecule has 1 aliphatic carbocycles. The van der Waals surface area contributed by atoms with Crippen LogP contribution in [0.1, 0.15) is 36.3 Å². The number of hydrogen-bond donors (Lipinski definition) is 4. The van der Waals surface area contributed by atoms with Crippen LogP contribution in [0, 0.1) is 5.92 Å². The predicted octanol–water partition coefficient (Wildman–Crippen LogP) is -0.146. The van der Waals surface area contributed by atoms with Crippen LogP contribution in [0.15, 0.2) is 23.8 Å².